The third kappa shape index (κ3) is 4.86. The van der Waals surface area contributed by atoms with Crippen molar-refractivity contribution in [2.24, 2.45) is 0 Å². The molecule has 11 heteroatoms. The summed E-state index contributed by atoms with van der Waals surface area (Å²) in [4.78, 5) is 12.1. The number of nitriles is 1. The molecule has 2 aromatic carbocycles. The number of hydrogen-bond donors (Lipinski definition) is 2. The van der Waals surface area contributed by atoms with Crippen LogP contribution < -0.4 is 5.32 Å². The topological polar surface area (TPSA) is 111 Å². The zero-order chi connectivity index (χ0) is 21.2. The number of carboxylic acids is 1. The molecule has 152 valence electrons. The second-order valence-corrected chi connectivity index (χ2v) is 9.99. The van der Waals surface area contributed by atoms with Gasteiger partial charge in [0.25, 0.3) is 0 Å². The molecule has 0 bridgehead atoms. The molecule has 0 aliphatic carbocycles. The fourth-order valence-electron chi connectivity index (χ4n) is 2.78. The summed E-state index contributed by atoms with van der Waals surface area (Å²) >= 11 is 13.3. The third-order valence-corrected chi connectivity index (χ3v) is 8.08. The van der Waals surface area contributed by atoms with E-state index in [0.717, 1.165) is 16.1 Å². The van der Waals surface area contributed by atoms with Crippen LogP contribution in [0.15, 0.2) is 51.1 Å². The van der Waals surface area contributed by atoms with Crippen LogP contribution in [0.1, 0.15) is 5.56 Å². The molecule has 1 fully saturated rings. The molecule has 1 heterocycles. The molecule has 1 atom stereocenters. The predicted octanol–water partition coefficient (Wildman–Crippen LogP) is 3.06. The number of nitrogens with zero attached hydrogens (tertiary/aromatic N) is 2. The van der Waals surface area contributed by atoms with E-state index in [2.05, 4.69) is 5.32 Å². The molecule has 2 N–H and O–H groups in total. The van der Waals surface area contributed by atoms with Gasteiger partial charge in [0, 0.05) is 34.4 Å². The Balaban J connectivity index is 2.04. The fourth-order valence-corrected chi connectivity index (χ4v) is 6.13. The number of sulfonamides is 1. The second-order valence-electron chi connectivity index (χ2n) is 6.16. The maximum Gasteiger partial charge on any atom is 0.322 e. The van der Waals surface area contributed by atoms with Gasteiger partial charge in [-0.05, 0) is 36.4 Å². The number of benzene rings is 2. The van der Waals surface area contributed by atoms with Gasteiger partial charge in [-0.15, -0.1) is 0 Å². The van der Waals surface area contributed by atoms with Crippen molar-refractivity contribution in [3.05, 3.63) is 52.0 Å². The van der Waals surface area contributed by atoms with Gasteiger partial charge in [-0.25, -0.2) is 8.42 Å². The maximum atomic E-state index is 13.3. The lowest BCUT2D eigenvalue weighted by atomic mass is 10.2. The molecule has 2 aromatic rings. The maximum absolute atomic E-state index is 13.3. The lowest BCUT2D eigenvalue weighted by Gasteiger charge is -2.31. The smallest absolute Gasteiger partial charge is 0.322 e. The number of carbonyl (C=O) groups is 1. The minimum Gasteiger partial charge on any atom is -0.480 e. The van der Waals surface area contributed by atoms with Crippen molar-refractivity contribution in [3.8, 4) is 6.07 Å². The van der Waals surface area contributed by atoms with E-state index in [0.29, 0.717) is 19.8 Å². The fraction of sp³-hybridized carbons (Fsp3) is 0.222. The normalized spacial score (nSPS) is 17.6. The van der Waals surface area contributed by atoms with Crippen LogP contribution in [-0.2, 0) is 14.8 Å². The van der Waals surface area contributed by atoms with Crippen molar-refractivity contribution in [1.82, 2.24) is 9.62 Å². The van der Waals surface area contributed by atoms with Crippen LogP contribution in [0, 0.1) is 11.3 Å². The summed E-state index contributed by atoms with van der Waals surface area (Å²) in [6.07, 6.45) is 0. The van der Waals surface area contributed by atoms with E-state index in [1.807, 2.05) is 6.07 Å². The van der Waals surface area contributed by atoms with Crippen LogP contribution in [0.3, 0.4) is 0 Å². The summed E-state index contributed by atoms with van der Waals surface area (Å²) in [5.41, 5.74) is 0.176. The van der Waals surface area contributed by atoms with E-state index in [1.165, 1.54) is 18.2 Å². The van der Waals surface area contributed by atoms with Gasteiger partial charge in [-0.3, -0.25) is 4.79 Å². The Morgan fingerprint density at radius 1 is 1.24 bits per heavy atom. The minimum absolute atomic E-state index is 0.0800. The Kier molecular flexibility index (Phi) is 6.73. The largest absolute Gasteiger partial charge is 0.480 e. The zero-order valence-electron chi connectivity index (χ0n) is 14.8. The third-order valence-electron chi connectivity index (χ3n) is 4.24. The second kappa shape index (κ2) is 8.92. The van der Waals surface area contributed by atoms with Crippen molar-refractivity contribution >= 4 is 51.0 Å². The highest BCUT2D eigenvalue weighted by Crippen LogP contribution is 2.39. The van der Waals surface area contributed by atoms with Crippen molar-refractivity contribution in [1.29, 1.82) is 5.26 Å². The van der Waals surface area contributed by atoms with Crippen molar-refractivity contribution in [2.75, 3.05) is 19.6 Å². The molecule has 29 heavy (non-hydrogen) atoms. The number of piperazine rings is 1. The van der Waals surface area contributed by atoms with E-state index in [-0.39, 0.29) is 30.1 Å². The van der Waals surface area contributed by atoms with Gasteiger partial charge in [-0.1, -0.05) is 35.0 Å². The molecule has 1 aliphatic rings. The van der Waals surface area contributed by atoms with Gasteiger partial charge >= 0.3 is 5.97 Å². The predicted molar refractivity (Wildman–Crippen MR) is 110 cm³/mol. The number of carboxylic acid groups (broad SMARTS) is 1. The van der Waals surface area contributed by atoms with Crippen LogP contribution in [-0.4, -0.2) is 49.5 Å². The Labute approximate surface area is 182 Å². The molecule has 0 aromatic heterocycles. The Hall–Kier alpha value is -1.80. The van der Waals surface area contributed by atoms with E-state index >= 15 is 0 Å². The SMILES string of the molecule is N#Cc1ccc(Sc2cc(Cl)ccc2Cl)c(S(=O)(=O)N2CCNC(C(=O)O)C2)c1. The van der Waals surface area contributed by atoms with Gasteiger partial charge in [0.15, 0.2) is 0 Å². The number of nitrogens with one attached hydrogen (secondary N) is 1. The summed E-state index contributed by atoms with van der Waals surface area (Å²) in [6, 6.07) is 10.1. The molecule has 0 spiro atoms. The average molecular weight is 472 g/mol. The molecule has 1 saturated heterocycles. The molecule has 0 amide bonds. The first-order chi connectivity index (χ1) is 13.7. The molecule has 1 unspecified atom stereocenters. The van der Waals surface area contributed by atoms with E-state index in [9.17, 15) is 23.6 Å². The van der Waals surface area contributed by atoms with Crippen LogP contribution in [0.4, 0.5) is 0 Å². The van der Waals surface area contributed by atoms with Gasteiger partial charge in [0.2, 0.25) is 10.0 Å². The van der Waals surface area contributed by atoms with E-state index in [4.69, 9.17) is 23.2 Å². The van der Waals surface area contributed by atoms with Gasteiger partial charge in [0.1, 0.15) is 6.04 Å². The summed E-state index contributed by atoms with van der Waals surface area (Å²) in [6.45, 7) is 0.109. The monoisotopic (exact) mass is 471 g/mol. The highest BCUT2D eigenvalue weighted by Gasteiger charge is 2.34. The number of hydrogen-bond acceptors (Lipinski definition) is 6. The lowest BCUT2D eigenvalue weighted by Crippen LogP contribution is -2.55. The van der Waals surface area contributed by atoms with E-state index in [1.54, 1.807) is 18.2 Å². The summed E-state index contributed by atoms with van der Waals surface area (Å²) in [7, 11) is -4.05. The van der Waals surface area contributed by atoms with Crippen molar-refractivity contribution < 1.29 is 18.3 Å². The summed E-state index contributed by atoms with van der Waals surface area (Å²) in [5.74, 6) is -1.13. The van der Waals surface area contributed by atoms with Gasteiger partial charge < -0.3 is 10.4 Å². The summed E-state index contributed by atoms with van der Waals surface area (Å²) in [5, 5.41) is 22.1. The summed E-state index contributed by atoms with van der Waals surface area (Å²) < 4.78 is 27.7. The number of rotatable bonds is 5. The molecule has 0 radical (unpaired) electrons. The molecular weight excluding hydrogens is 457 g/mol. The lowest BCUT2D eigenvalue weighted by molar-refractivity contribution is -0.140. The molecule has 3 rings (SSSR count). The van der Waals surface area contributed by atoms with Crippen molar-refractivity contribution in [3.63, 3.8) is 0 Å². The standard InChI is InChI=1S/C18H15Cl2N3O4S2/c19-12-2-3-13(20)16(8-12)28-15-4-1-11(9-21)7-17(15)29(26,27)23-6-5-22-14(10-23)18(24)25/h1-4,7-8,14,22H,5-6,10H2,(H,24,25). The Bertz CT molecular complexity index is 1100. The van der Waals surface area contributed by atoms with E-state index < -0.39 is 22.0 Å². The highest BCUT2D eigenvalue weighted by molar-refractivity contribution is 8.00. The first-order valence-electron chi connectivity index (χ1n) is 8.36. The molecule has 1 aliphatic heterocycles. The average Bonchev–Trinajstić information content (AvgIpc) is 2.71. The first-order valence-corrected chi connectivity index (χ1v) is 11.4. The molecular formula is C18H15Cl2N3O4S2. The Morgan fingerprint density at radius 3 is 2.69 bits per heavy atom. The quantitative estimate of drug-likeness (QED) is 0.688. The van der Waals surface area contributed by atoms with Gasteiger partial charge in [0.05, 0.1) is 21.6 Å². The van der Waals surface area contributed by atoms with Crippen LogP contribution in [0.2, 0.25) is 10.0 Å². The van der Waals surface area contributed by atoms with Crippen molar-refractivity contribution in [2.45, 2.75) is 20.7 Å². The number of aliphatic carboxylic acids is 1. The minimum atomic E-state index is -4.05. The Morgan fingerprint density at radius 2 is 2.00 bits per heavy atom. The first kappa shape index (κ1) is 21.9. The highest BCUT2D eigenvalue weighted by atomic mass is 35.5. The van der Waals surface area contributed by atoms with Gasteiger partial charge in [-0.2, -0.15) is 9.57 Å². The zero-order valence-corrected chi connectivity index (χ0v) is 17.9. The molecule has 0 saturated carbocycles. The number of halogens is 2. The van der Waals surface area contributed by atoms with Crippen LogP contribution in [0.5, 0.6) is 0 Å². The van der Waals surface area contributed by atoms with Crippen LogP contribution >= 0.6 is 35.0 Å². The van der Waals surface area contributed by atoms with Crippen LogP contribution in [0.25, 0.3) is 0 Å². The molecule has 7 nitrogen and oxygen atoms in total.